The maximum absolute atomic E-state index is 10.6. The van der Waals surface area contributed by atoms with Crippen molar-refractivity contribution in [1.29, 1.82) is 0 Å². The fourth-order valence-corrected chi connectivity index (χ4v) is 0.946. The molecule has 1 N–H and O–H groups in total. The fraction of sp³-hybridized carbons (Fsp3) is 0.182. The molecule has 0 radical (unpaired) electrons. The molecule has 0 saturated carbocycles. The molecule has 0 saturated heterocycles. The highest BCUT2D eigenvalue weighted by Crippen LogP contribution is 2.10. The zero-order chi connectivity index (χ0) is 9.68. The molecule has 1 aromatic rings. The number of allylic oxidation sites excluding steroid dienone is 1. The number of carbonyl (C=O) groups excluding carboxylic acids is 1. The number of ketones is 1. The second kappa shape index (κ2) is 4.45. The Kier molecular flexibility index (Phi) is 3.26. The third kappa shape index (κ3) is 3.56. The van der Waals surface area contributed by atoms with Crippen molar-refractivity contribution in [1.82, 2.24) is 0 Å². The predicted octanol–water partition coefficient (Wildman–Crippen LogP) is 2.38. The van der Waals surface area contributed by atoms with Gasteiger partial charge in [-0.3, -0.25) is 4.79 Å². The second-order valence-corrected chi connectivity index (χ2v) is 2.90. The smallest absolute Gasteiger partial charge is 0.133 e. The van der Waals surface area contributed by atoms with E-state index >= 15 is 0 Å². The van der Waals surface area contributed by atoms with Crippen LogP contribution < -0.4 is 0 Å². The summed E-state index contributed by atoms with van der Waals surface area (Å²) in [5.74, 6) is 0.402. The molecule has 68 valence electrons. The SMILES string of the molecule is CC(=O)C/C=C/c1ccc(O)cc1. The summed E-state index contributed by atoms with van der Waals surface area (Å²) in [4.78, 5) is 10.6. The largest absolute Gasteiger partial charge is 0.508 e. The first-order chi connectivity index (χ1) is 6.18. The Morgan fingerprint density at radius 2 is 2.00 bits per heavy atom. The van der Waals surface area contributed by atoms with E-state index in [1.807, 2.05) is 12.2 Å². The first kappa shape index (κ1) is 9.52. The van der Waals surface area contributed by atoms with E-state index in [-0.39, 0.29) is 11.5 Å². The van der Waals surface area contributed by atoms with E-state index in [1.165, 1.54) is 0 Å². The van der Waals surface area contributed by atoms with E-state index in [1.54, 1.807) is 31.2 Å². The Morgan fingerprint density at radius 3 is 2.54 bits per heavy atom. The lowest BCUT2D eigenvalue weighted by molar-refractivity contribution is -0.116. The molecule has 0 fully saturated rings. The number of benzene rings is 1. The van der Waals surface area contributed by atoms with Crippen LogP contribution >= 0.6 is 0 Å². The van der Waals surface area contributed by atoms with Crippen molar-refractivity contribution in [3.63, 3.8) is 0 Å². The van der Waals surface area contributed by atoms with Crippen LogP contribution in [0.1, 0.15) is 18.9 Å². The molecule has 1 aromatic carbocycles. The standard InChI is InChI=1S/C11H12O2/c1-9(12)3-2-4-10-5-7-11(13)8-6-10/h2,4-8,13H,3H2,1H3/b4-2+. The number of carbonyl (C=O) groups is 1. The molecule has 0 amide bonds. The normalized spacial score (nSPS) is 10.5. The third-order valence-electron chi connectivity index (χ3n) is 1.61. The molecule has 2 nitrogen and oxygen atoms in total. The summed E-state index contributed by atoms with van der Waals surface area (Å²) < 4.78 is 0. The van der Waals surface area contributed by atoms with Crippen LogP contribution in [-0.2, 0) is 4.79 Å². The Balaban J connectivity index is 2.59. The van der Waals surface area contributed by atoms with Crippen molar-refractivity contribution in [2.45, 2.75) is 13.3 Å². The average molecular weight is 176 g/mol. The molecule has 0 heterocycles. The molecule has 1 rings (SSSR count). The summed E-state index contributed by atoms with van der Waals surface area (Å²) in [5, 5.41) is 8.99. The van der Waals surface area contributed by atoms with Crippen molar-refractivity contribution < 1.29 is 9.90 Å². The van der Waals surface area contributed by atoms with Gasteiger partial charge in [-0.1, -0.05) is 24.3 Å². The minimum Gasteiger partial charge on any atom is -0.508 e. The van der Waals surface area contributed by atoms with Crippen LogP contribution in [0, 0.1) is 0 Å². The molecule has 0 bridgehead atoms. The summed E-state index contributed by atoms with van der Waals surface area (Å²) in [7, 11) is 0. The molecule has 13 heavy (non-hydrogen) atoms. The average Bonchev–Trinajstić information content (AvgIpc) is 2.08. The molecular formula is C11H12O2. The number of aromatic hydroxyl groups is 1. The van der Waals surface area contributed by atoms with E-state index in [4.69, 9.17) is 5.11 Å². The van der Waals surface area contributed by atoms with E-state index in [0.717, 1.165) is 5.56 Å². The molecule has 0 aliphatic carbocycles. The lowest BCUT2D eigenvalue weighted by atomic mass is 10.2. The number of Topliss-reactive ketones (excluding diaryl/α,β-unsaturated/α-hetero) is 1. The number of phenols is 1. The fourth-order valence-electron chi connectivity index (χ4n) is 0.946. The summed E-state index contributed by atoms with van der Waals surface area (Å²) >= 11 is 0. The van der Waals surface area contributed by atoms with E-state index in [2.05, 4.69) is 0 Å². The highest BCUT2D eigenvalue weighted by molar-refractivity contribution is 5.78. The van der Waals surface area contributed by atoms with Crippen LogP contribution in [0.2, 0.25) is 0 Å². The van der Waals surface area contributed by atoms with Crippen LogP contribution in [0.4, 0.5) is 0 Å². The maximum Gasteiger partial charge on any atom is 0.133 e. The number of hydrogen-bond donors (Lipinski definition) is 1. The van der Waals surface area contributed by atoms with Gasteiger partial charge in [-0.2, -0.15) is 0 Å². The molecule has 0 aliphatic rings. The topological polar surface area (TPSA) is 37.3 Å². The zero-order valence-corrected chi connectivity index (χ0v) is 7.53. The van der Waals surface area contributed by atoms with Crippen molar-refractivity contribution >= 4 is 11.9 Å². The zero-order valence-electron chi connectivity index (χ0n) is 7.53. The van der Waals surface area contributed by atoms with Crippen LogP contribution in [-0.4, -0.2) is 10.9 Å². The van der Waals surface area contributed by atoms with E-state index in [0.29, 0.717) is 6.42 Å². The molecule has 0 atom stereocenters. The van der Waals surface area contributed by atoms with Gasteiger partial charge in [0.15, 0.2) is 0 Å². The minimum absolute atomic E-state index is 0.148. The van der Waals surface area contributed by atoms with E-state index < -0.39 is 0 Å². The van der Waals surface area contributed by atoms with Crippen molar-refractivity contribution in [3.8, 4) is 5.75 Å². The van der Waals surface area contributed by atoms with Crippen molar-refractivity contribution in [3.05, 3.63) is 35.9 Å². The Hall–Kier alpha value is -1.57. The Labute approximate surface area is 77.5 Å². The van der Waals surface area contributed by atoms with Gasteiger partial charge < -0.3 is 5.11 Å². The number of phenolic OH excluding ortho intramolecular Hbond substituents is 1. The van der Waals surface area contributed by atoms with Gasteiger partial charge in [0.25, 0.3) is 0 Å². The third-order valence-corrected chi connectivity index (χ3v) is 1.61. The highest BCUT2D eigenvalue weighted by Gasteiger charge is 1.89. The van der Waals surface area contributed by atoms with Crippen molar-refractivity contribution in [2.24, 2.45) is 0 Å². The first-order valence-electron chi connectivity index (χ1n) is 4.13. The summed E-state index contributed by atoms with van der Waals surface area (Å²) in [6, 6.07) is 6.83. The van der Waals surface area contributed by atoms with Gasteiger partial charge >= 0.3 is 0 Å². The van der Waals surface area contributed by atoms with Crippen LogP contribution in [0.25, 0.3) is 6.08 Å². The number of hydrogen-bond acceptors (Lipinski definition) is 2. The van der Waals surface area contributed by atoms with Crippen LogP contribution in [0.15, 0.2) is 30.3 Å². The summed E-state index contributed by atoms with van der Waals surface area (Å²) in [5.41, 5.74) is 0.985. The van der Waals surface area contributed by atoms with Gasteiger partial charge in [0.05, 0.1) is 0 Å². The molecule has 2 heteroatoms. The molecule has 0 unspecified atom stereocenters. The molecule has 0 aromatic heterocycles. The Bertz CT molecular complexity index is 309. The molecule has 0 spiro atoms. The van der Waals surface area contributed by atoms with Crippen LogP contribution in [0.5, 0.6) is 5.75 Å². The second-order valence-electron chi connectivity index (χ2n) is 2.90. The van der Waals surface area contributed by atoms with Gasteiger partial charge in [0.1, 0.15) is 11.5 Å². The molecular weight excluding hydrogens is 164 g/mol. The summed E-state index contributed by atoms with van der Waals surface area (Å²) in [6.45, 7) is 1.56. The van der Waals surface area contributed by atoms with Crippen LogP contribution in [0.3, 0.4) is 0 Å². The quantitative estimate of drug-likeness (QED) is 0.767. The predicted molar refractivity (Wildman–Crippen MR) is 52.4 cm³/mol. The van der Waals surface area contributed by atoms with Gasteiger partial charge in [-0.15, -0.1) is 0 Å². The van der Waals surface area contributed by atoms with Crippen molar-refractivity contribution in [2.75, 3.05) is 0 Å². The van der Waals surface area contributed by atoms with Gasteiger partial charge in [0, 0.05) is 6.42 Å². The number of rotatable bonds is 3. The Morgan fingerprint density at radius 1 is 1.38 bits per heavy atom. The maximum atomic E-state index is 10.6. The first-order valence-corrected chi connectivity index (χ1v) is 4.13. The lowest BCUT2D eigenvalue weighted by Crippen LogP contribution is -1.83. The minimum atomic E-state index is 0.148. The van der Waals surface area contributed by atoms with Gasteiger partial charge in [-0.25, -0.2) is 0 Å². The monoisotopic (exact) mass is 176 g/mol. The van der Waals surface area contributed by atoms with E-state index in [9.17, 15) is 4.79 Å². The van der Waals surface area contributed by atoms with Gasteiger partial charge in [0.2, 0.25) is 0 Å². The summed E-state index contributed by atoms with van der Waals surface area (Å²) in [6.07, 6.45) is 4.14. The van der Waals surface area contributed by atoms with Gasteiger partial charge in [-0.05, 0) is 24.6 Å². The lowest BCUT2D eigenvalue weighted by Gasteiger charge is -1.93. The molecule has 0 aliphatic heterocycles. The highest BCUT2D eigenvalue weighted by atomic mass is 16.3.